The van der Waals surface area contributed by atoms with E-state index in [1.807, 2.05) is 30.3 Å². The summed E-state index contributed by atoms with van der Waals surface area (Å²) in [7, 11) is 0. The first-order valence-corrected chi connectivity index (χ1v) is 5.80. The molecule has 1 aromatic rings. The summed E-state index contributed by atoms with van der Waals surface area (Å²) < 4.78 is 5.50. The predicted molar refractivity (Wildman–Crippen MR) is 65.2 cm³/mol. The largest absolute Gasteiger partial charge is 0.367 e. The zero-order valence-corrected chi connectivity index (χ0v) is 9.41. The maximum absolute atomic E-state index is 5.50. The first-order chi connectivity index (χ1) is 7.95. The minimum absolute atomic E-state index is 0.521. The Labute approximate surface area is 97.0 Å². The molecule has 0 saturated carbocycles. The molecule has 0 amide bonds. The monoisotopic (exact) mass is 215 g/mol. The number of hydrogen-bond donors (Lipinski definition) is 1. The fraction of sp³-hybridized carbons (Fsp3) is 0.429. The smallest absolute Gasteiger partial charge is 0.108 e. The Morgan fingerprint density at radius 2 is 2.19 bits per heavy atom. The molecule has 16 heavy (non-hydrogen) atoms. The van der Waals surface area contributed by atoms with Crippen LogP contribution in [-0.4, -0.2) is 25.8 Å². The van der Waals surface area contributed by atoms with E-state index in [1.165, 1.54) is 12.8 Å². The highest BCUT2D eigenvalue weighted by atomic mass is 16.5. The number of hydrogen-bond acceptors (Lipinski definition) is 2. The van der Waals surface area contributed by atoms with Gasteiger partial charge in [-0.15, -0.1) is 0 Å². The predicted octanol–water partition coefficient (Wildman–Crippen LogP) is 1.81. The van der Waals surface area contributed by atoms with E-state index in [4.69, 9.17) is 4.74 Å². The van der Waals surface area contributed by atoms with Gasteiger partial charge in [0.15, 0.2) is 0 Å². The van der Waals surface area contributed by atoms with E-state index < -0.39 is 0 Å². The van der Waals surface area contributed by atoms with Crippen molar-refractivity contribution in [2.45, 2.75) is 18.9 Å². The lowest BCUT2D eigenvalue weighted by Gasteiger charge is -2.07. The quantitative estimate of drug-likeness (QED) is 0.613. The molecule has 84 valence electrons. The van der Waals surface area contributed by atoms with E-state index >= 15 is 0 Å². The molecule has 1 unspecified atom stereocenters. The first kappa shape index (κ1) is 11.2. The third-order valence-corrected chi connectivity index (χ3v) is 2.66. The lowest BCUT2D eigenvalue weighted by molar-refractivity contribution is 0.145. The molecule has 1 aromatic carbocycles. The highest BCUT2D eigenvalue weighted by Gasteiger charge is 2.12. The molecular formula is C14H17NO. The second kappa shape index (κ2) is 6.32. The van der Waals surface area contributed by atoms with E-state index in [9.17, 15) is 0 Å². The van der Waals surface area contributed by atoms with Crippen LogP contribution in [0, 0.1) is 11.8 Å². The zero-order valence-electron chi connectivity index (χ0n) is 9.41. The highest BCUT2D eigenvalue weighted by Crippen LogP contribution is 2.04. The van der Waals surface area contributed by atoms with Crippen molar-refractivity contribution in [2.24, 2.45) is 0 Å². The number of nitrogens with one attached hydrogen (secondary N) is 1. The van der Waals surface area contributed by atoms with Crippen LogP contribution in [0.1, 0.15) is 18.4 Å². The molecule has 1 aliphatic rings. The SMILES string of the molecule is C(#Cc1ccccc1)COCC1CCCN1. The van der Waals surface area contributed by atoms with Gasteiger partial charge in [-0.1, -0.05) is 30.0 Å². The van der Waals surface area contributed by atoms with Gasteiger partial charge in [0.25, 0.3) is 0 Å². The van der Waals surface area contributed by atoms with Crippen molar-refractivity contribution < 1.29 is 4.74 Å². The minimum Gasteiger partial charge on any atom is -0.367 e. The van der Waals surface area contributed by atoms with E-state index in [-0.39, 0.29) is 0 Å². The van der Waals surface area contributed by atoms with Crippen LogP contribution in [0.4, 0.5) is 0 Å². The van der Waals surface area contributed by atoms with Crippen molar-refractivity contribution in [3.05, 3.63) is 35.9 Å². The Morgan fingerprint density at radius 1 is 1.31 bits per heavy atom. The molecule has 0 bridgehead atoms. The molecule has 0 aromatic heterocycles. The topological polar surface area (TPSA) is 21.3 Å². The van der Waals surface area contributed by atoms with Crippen molar-refractivity contribution in [1.82, 2.24) is 5.32 Å². The summed E-state index contributed by atoms with van der Waals surface area (Å²) in [5, 5.41) is 3.39. The first-order valence-electron chi connectivity index (χ1n) is 5.80. The average Bonchev–Trinajstić information content (AvgIpc) is 2.83. The van der Waals surface area contributed by atoms with E-state index in [2.05, 4.69) is 17.2 Å². The van der Waals surface area contributed by atoms with Gasteiger partial charge in [0.2, 0.25) is 0 Å². The number of benzene rings is 1. The standard InChI is InChI=1S/C14H17NO/c1-2-6-13(7-3-1)8-5-11-16-12-14-9-4-10-15-14/h1-3,6-7,14-15H,4,9-12H2. The van der Waals surface area contributed by atoms with Crippen LogP contribution in [-0.2, 0) is 4.74 Å². The molecule has 1 aliphatic heterocycles. The minimum atomic E-state index is 0.521. The summed E-state index contributed by atoms with van der Waals surface area (Å²) in [5.74, 6) is 6.10. The third kappa shape index (κ3) is 3.69. The number of rotatable bonds is 3. The Bertz CT molecular complexity index is 357. The molecule has 0 aliphatic carbocycles. The van der Waals surface area contributed by atoms with Crippen LogP contribution in [0.5, 0.6) is 0 Å². The summed E-state index contributed by atoms with van der Waals surface area (Å²) in [4.78, 5) is 0. The van der Waals surface area contributed by atoms with Crippen molar-refractivity contribution in [1.29, 1.82) is 0 Å². The highest BCUT2D eigenvalue weighted by molar-refractivity contribution is 5.33. The lowest BCUT2D eigenvalue weighted by atomic mass is 10.2. The van der Waals surface area contributed by atoms with Crippen LogP contribution in [0.25, 0.3) is 0 Å². The van der Waals surface area contributed by atoms with Gasteiger partial charge in [0, 0.05) is 11.6 Å². The summed E-state index contributed by atoms with van der Waals surface area (Å²) in [6, 6.07) is 10.5. The van der Waals surface area contributed by atoms with Crippen LogP contribution >= 0.6 is 0 Å². The van der Waals surface area contributed by atoms with Crippen LogP contribution < -0.4 is 5.32 Å². The van der Waals surface area contributed by atoms with Gasteiger partial charge in [0.1, 0.15) is 6.61 Å². The third-order valence-electron chi connectivity index (χ3n) is 2.66. The van der Waals surface area contributed by atoms with Crippen molar-refractivity contribution >= 4 is 0 Å². The molecule has 1 heterocycles. The van der Waals surface area contributed by atoms with Crippen molar-refractivity contribution in [3.63, 3.8) is 0 Å². The van der Waals surface area contributed by atoms with Gasteiger partial charge in [-0.05, 0) is 31.5 Å². The molecule has 1 atom stereocenters. The van der Waals surface area contributed by atoms with E-state index in [0.717, 1.165) is 18.7 Å². The molecule has 2 heteroatoms. The molecular weight excluding hydrogens is 198 g/mol. The maximum atomic E-state index is 5.50. The Hall–Kier alpha value is -1.30. The average molecular weight is 215 g/mol. The van der Waals surface area contributed by atoms with E-state index in [1.54, 1.807) is 0 Å². The van der Waals surface area contributed by atoms with Gasteiger partial charge in [-0.25, -0.2) is 0 Å². The van der Waals surface area contributed by atoms with Crippen LogP contribution in [0.15, 0.2) is 30.3 Å². The van der Waals surface area contributed by atoms with Gasteiger partial charge >= 0.3 is 0 Å². The van der Waals surface area contributed by atoms with Crippen molar-refractivity contribution in [2.75, 3.05) is 19.8 Å². The molecule has 0 radical (unpaired) electrons. The van der Waals surface area contributed by atoms with Crippen LogP contribution in [0.2, 0.25) is 0 Å². The molecule has 1 saturated heterocycles. The second-order valence-corrected chi connectivity index (χ2v) is 3.98. The molecule has 1 fully saturated rings. The zero-order chi connectivity index (χ0) is 11.1. The maximum Gasteiger partial charge on any atom is 0.108 e. The summed E-state index contributed by atoms with van der Waals surface area (Å²) in [5.41, 5.74) is 1.05. The summed E-state index contributed by atoms with van der Waals surface area (Å²) in [6.45, 7) is 2.43. The van der Waals surface area contributed by atoms with Gasteiger partial charge in [-0.2, -0.15) is 0 Å². The van der Waals surface area contributed by atoms with E-state index in [0.29, 0.717) is 12.6 Å². The summed E-state index contributed by atoms with van der Waals surface area (Å²) >= 11 is 0. The normalized spacial score (nSPS) is 19.1. The Balaban J connectivity index is 1.66. The molecule has 2 rings (SSSR count). The molecule has 0 spiro atoms. The fourth-order valence-electron chi connectivity index (χ4n) is 1.81. The molecule has 1 N–H and O–H groups in total. The van der Waals surface area contributed by atoms with Gasteiger partial charge in [0.05, 0.1) is 6.61 Å². The Kier molecular flexibility index (Phi) is 4.42. The lowest BCUT2D eigenvalue weighted by Crippen LogP contribution is -2.26. The fourth-order valence-corrected chi connectivity index (χ4v) is 1.81. The Morgan fingerprint density at radius 3 is 2.94 bits per heavy atom. The number of ether oxygens (including phenoxy) is 1. The van der Waals surface area contributed by atoms with Gasteiger partial charge < -0.3 is 10.1 Å². The summed E-state index contributed by atoms with van der Waals surface area (Å²) in [6.07, 6.45) is 2.50. The van der Waals surface area contributed by atoms with Crippen molar-refractivity contribution in [3.8, 4) is 11.8 Å². The second-order valence-electron chi connectivity index (χ2n) is 3.98. The van der Waals surface area contributed by atoms with Crippen LogP contribution in [0.3, 0.4) is 0 Å². The molecule has 2 nitrogen and oxygen atoms in total. The van der Waals surface area contributed by atoms with Gasteiger partial charge in [-0.3, -0.25) is 0 Å².